The molecule has 5 heteroatoms. The van der Waals surface area contributed by atoms with Crippen LogP contribution >= 0.6 is 0 Å². The minimum Gasteiger partial charge on any atom is -0.450 e. The Hall–Kier alpha value is -1.26. The van der Waals surface area contributed by atoms with E-state index in [1.807, 2.05) is 25.7 Å². The molecule has 0 spiro atoms. The molecular weight excluding hydrogens is 244 g/mol. The van der Waals surface area contributed by atoms with Crippen molar-refractivity contribution in [3.8, 4) is 0 Å². The lowest BCUT2D eigenvalue weighted by molar-refractivity contribution is -0.132. The van der Waals surface area contributed by atoms with Gasteiger partial charge < -0.3 is 14.5 Å². The highest BCUT2D eigenvalue weighted by molar-refractivity contribution is 5.76. The molecule has 1 fully saturated rings. The number of carbonyl (C=O) groups excluding carboxylic acids is 2. The lowest BCUT2D eigenvalue weighted by atomic mass is 10.0. The zero-order valence-corrected chi connectivity index (χ0v) is 12.9. The zero-order valence-electron chi connectivity index (χ0n) is 12.9. The summed E-state index contributed by atoms with van der Waals surface area (Å²) in [6, 6.07) is 0.190. The fraction of sp³-hybridized carbons (Fsp3) is 0.857. The second-order valence-corrected chi connectivity index (χ2v) is 4.28. The monoisotopic (exact) mass is 272 g/mol. The summed E-state index contributed by atoms with van der Waals surface area (Å²) in [4.78, 5) is 26.6. The third kappa shape index (κ3) is 5.49. The van der Waals surface area contributed by atoms with Gasteiger partial charge in [-0.15, -0.1) is 0 Å². The normalized spacial score (nSPS) is 15.3. The lowest BCUT2D eigenvalue weighted by Crippen LogP contribution is -2.47. The molecule has 112 valence electrons. The van der Waals surface area contributed by atoms with E-state index in [-0.39, 0.29) is 18.0 Å². The van der Waals surface area contributed by atoms with E-state index in [0.29, 0.717) is 13.0 Å². The number of likely N-dealkylation sites (tertiary alicyclic amines) is 1. The summed E-state index contributed by atoms with van der Waals surface area (Å²) in [5, 5.41) is 0. The molecule has 1 saturated heterocycles. The SMILES string of the molecule is CC.CCOC(=O)N(C)C1CCN(C(=O)CC)CC1. The van der Waals surface area contributed by atoms with Crippen molar-refractivity contribution in [1.29, 1.82) is 0 Å². The molecule has 2 amide bonds. The standard InChI is InChI=1S/C12H22N2O3.C2H6/c1-4-11(15)14-8-6-10(7-9-14)13(3)12(16)17-5-2;1-2/h10H,4-9H2,1-3H3;1-2H3. The first-order chi connectivity index (χ1) is 9.10. The molecule has 1 rings (SSSR count). The number of ether oxygens (including phenoxy) is 1. The van der Waals surface area contributed by atoms with E-state index in [2.05, 4.69) is 0 Å². The molecule has 0 aromatic carbocycles. The molecular formula is C14H28N2O3. The van der Waals surface area contributed by atoms with Gasteiger partial charge in [0.25, 0.3) is 0 Å². The van der Waals surface area contributed by atoms with Gasteiger partial charge in [0.2, 0.25) is 5.91 Å². The maximum Gasteiger partial charge on any atom is 0.409 e. The topological polar surface area (TPSA) is 49.9 Å². The van der Waals surface area contributed by atoms with Gasteiger partial charge in [0.05, 0.1) is 6.61 Å². The van der Waals surface area contributed by atoms with Gasteiger partial charge in [0.1, 0.15) is 0 Å². The molecule has 1 aliphatic heterocycles. The number of hydrogen-bond donors (Lipinski definition) is 0. The summed E-state index contributed by atoms with van der Waals surface area (Å²) in [6.45, 7) is 9.55. The summed E-state index contributed by atoms with van der Waals surface area (Å²) < 4.78 is 4.96. The van der Waals surface area contributed by atoms with E-state index in [4.69, 9.17) is 4.74 Å². The van der Waals surface area contributed by atoms with Crippen LogP contribution in [0.15, 0.2) is 0 Å². The van der Waals surface area contributed by atoms with Crippen molar-refractivity contribution in [3.05, 3.63) is 0 Å². The molecule has 0 N–H and O–H groups in total. The molecule has 0 bridgehead atoms. The maximum atomic E-state index is 11.5. The van der Waals surface area contributed by atoms with Crippen molar-refractivity contribution in [2.45, 2.75) is 53.0 Å². The molecule has 5 nitrogen and oxygen atoms in total. The molecule has 0 aromatic rings. The molecule has 0 unspecified atom stereocenters. The van der Waals surface area contributed by atoms with Crippen LogP contribution in [0.25, 0.3) is 0 Å². The number of amides is 2. The first-order valence-electron chi connectivity index (χ1n) is 7.27. The third-order valence-corrected chi connectivity index (χ3v) is 3.22. The van der Waals surface area contributed by atoms with Gasteiger partial charge in [-0.2, -0.15) is 0 Å². The third-order valence-electron chi connectivity index (χ3n) is 3.22. The molecule has 0 aliphatic carbocycles. The fourth-order valence-electron chi connectivity index (χ4n) is 2.10. The van der Waals surface area contributed by atoms with E-state index < -0.39 is 0 Å². The lowest BCUT2D eigenvalue weighted by Gasteiger charge is -2.36. The largest absolute Gasteiger partial charge is 0.450 e. The van der Waals surface area contributed by atoms with Crippen molar-refractivity contribution >= 4 is 12.0 Å². The Bertz CT molecular complexity index is 274. The quantitative estimate of drug-likeness (QED) is 0.793. The molecule has 19 heavy (non-hydrogen) atoms. The average molecular weight is 272 g/mol. The van der Waals surface area contributed by atoms with Crippen molar-refractivity contribution in [2.75, 3.05) is 26.7 Å². The smallest absolute Gasteiger partial charge is 0.409 e. The Balaban J connectivity index is 0.00000154. The van der Waals surface area contributed by atoms with Gasteiger partial charge in [0.15, 0.2) is 0 Å². The fourth-order valence-corrected chi connectivity index (χ4v) is 2.10. The van der Waals surface area contributed by atoms with Gasteiger partial charge in [-0.05, 0) is 19.8 Å². The second kappa shape index (κ2) is 9.64. The summed E-state index contributed by atoms with van der Waals surface area (Å²) in [5.41, 5.74) is 0. The van der Waals surface area contributed by atoms with Crippen molar-refractivity contribution in [1.82, 2.24) is 9.80 Å². The second-order valence-electron chi connectivity index (χ2n) is 4.28. The first kappa shape index (κ1) is 17.7. The van der Waals surface area contributed by atoms with E-state index in [1.54, 1.807) is 18.9 Å². The van der Waals surface area contributed by atoms with Crippen molar-refractivity contribution in [3.63, 3.8) is 0 Å². The van der Waals surface area contributed by atoms with Crippen molar-refractivity contribution < 1.29 is 14.3 Å². The van der Waals surface area contributed by atoms with Crippen LogP contribution in [0.2, 0.25) is 0 Å². The van der Waals surface area contributed by atoms with Crippen LogP contribution in [0.1, 0.15) is 47.0 Å². The predicted molar refractivity (Wildman–Crippen MR) is 76.0 cm³/mol. The minimum absolute atomic E-state index is 0.190. The Morgan fingerprint density at radius 3 is 2.16 bits per heavy atom. The molecule has 1 heterocycles. The van der Waals surface area contributed by atoms with Crippen molar-refractivity contribution in [2.24, 2.45) is 0 Å². The molecule has 0 saturated carbocycles. The Morgan fingerprint density at radius 1 is 1.21 bits per heavy atom. The number of piperidine rings is 1. The van der Waals surface area contributed by atoms with Crippen LogP contribution in [0.4, 0.5) is 4.79 Å². The number of rotatable bonds is 3. The zero-order chi connectivity index (χ0) is 14.8. The van der Waals surface area contributed by atoms with Gasteiger partial charge in [-0.3, -0.25) is 4.79 Å². The van der Waals surface area contributed by atoms with Gasteiger partial charge in [0, 0.05) is 32.6 Å². The van der Waals surface area contributed by atoms with Gasteiger partial charge in [-0.1, -0.05) is 20.8 Å². The van der Waals surface area contributed by atoms with Gasteiger partial charge >= 0.3 is 6.09 Å². The van der Waals surface area contributed by atoms with Crippen LogP contribution in [0, 0.1) is 0 Å². The van der Waals surface area contributed by atoms with Gasteiger partial charge in [-0.25, -0.2) is 4.79 Å². The van der Waals surface area contributed by atoms with E-state index >= 15 is 0 Å². The van der Waals surface area contributed by atoms with E-state index in [0.717, 1.165) is 25.9 Å². The molecule has 0 atom stereocenters. The molecule has 1 aliphatic rings. The first-order valence-corrected chi connectivity index (χ1v) is 7.27. The number of nitrogens with zero attached hydrogens (tertiary/aromatic N) is 2. The summed E-state index contributed by atoms with van der Waals surface area (Å²) in [7, 11) is 1.76. The highest BCUT2D eigenvalue weighted by Crippen LogP contribution is 2.16. The van der Waals surface area contributed by atoms with Crippen LogP contribution in [0.5, 0.6) is 0 Å². The Kier molecular flexibility index (Phi) is 9.00. The van der Waals surface area contributed by atoms with E-state index in [1.165, 1.54) is 0 Å². The maximum absolute atomic E-state index is 11.5. The number of hydrogen-bond acceptors (Lipinski definition) is 3. The summed E-state index contributed by atoms with van der Waals surface area (Å²) in [5.74, 6) is 0.197. The Morgan fingerprint density at radius 2 is 1.74 bits per heavy atom. The van der Waals surface area contributed by atoms with Crippen LogP contribution in [0.3, 0.4) is 0 Å². The molecule has 0 radical (unpaired) electrons. The Labute approximate surface area is 116 Å². The van der Waals surface area contributed by atoms with E-state index in [9.17, 15) is 9.59 Å². The highest BCUT2D eigenvalue weighted by Gasteiger charge is 2.27. The minimum atomic E-state index is -0.271. The molecule has 0 aromatic heterocycles. The van der Waals surface area contributed by atoms with Crippen LogP contribution in [-0.4, -0.2) is 54.6 Å². The predicted octanol–water partition coefficient (Wildman–Crippen LogP) is 2.50. The summed E-state index contributed by atoms with van der Waals surface area (Å²) in [6.07, 6.45) is 1.95. The highest BCUT2D eigenvalue weighted by atomic mass is 16.6. The average Bonchev–Trinajstić information content (AvgIpc) is 2.48. The van der Waals surface area contributed by atoms with Crippen LogP contribution < -0.4 is 0 Å². The number of carbonyl (C=O) groups is 2. The van der Waals surface area contributed by atoms with Crippen LogP contribution in [-0.2, 0) is 9.53 Å². The summed E-state index contributed by atoms with van der Waals surface area (Å²) >= 11 is 0.